The maximum atomic E-state index is 12.5. The van der Waals surface area contributed by atoms with E-state index in [2.05, 4.69) is 11.9 Å². The predicted octanol–water partition coefficient (Wildman–Crippen LogP) is 3.73. The zero-order chi connectivity index (χ0) is 20.1. The monoisotopic (exact) mass is 412 g/mol. The number of ether oxygens (including phenoxy) is 1. The summed E-state index contributed by atoms with van der Waals surface area (Å²) in [4.78, 5) is 26.0. The van der Waals surface area contributed by atoms with Gasteiger partial charge in [0.15, 0.2) is 5.11 Å². The van der Waals surface area contributed by atoms with Crippen molar-refractivity contribution in [2.75, 3.05) is 6.54 Å². The molecule has 0 unspecified atom stereocenters. The Kier molecular flexibility index (Phi) is 6.23. The Balaban J connectivity index is 1.72. The number of halogens is 1. The van der Waals surface area contributed by atoms with Crippen LogP contribution in [0.25, 0.3) is 6.08 Å². The van der Waals surface area contributed by atoms with Crippen LogP contribution in [0.3, 0.4) is 0 Å². The highest BCUT2D eigenvalue weighted by atomic mass is 35.5. The Morgan fingerprint density at radius 2 is 1.93 bits per heavy atom. The molecule has 1 saturated heterocycles. The Morgan fingerprint density at radius 1 is 1.18 bits per heavy atom. The van der Waals surface area contributed by atoms with Crippen molar-refractivity contribution in [3.05, 3.63) is 82.9 Å². The van der Waals surface area contributed by atoms with Crippen molar-refractivity contribution in [3.63, 3.8) is 0 Å². The molecule has 142 valence electrons. The second-order valence-electron chi connectivity index (χ2n) is 6.01. The largest absolute Gasteiger partial charge is 0.489 e. The Labute approximate surface area is 173 Å². The van der Waals surface area contributed by atoms with Crippen molar-refractivity contribution in [2.45, 2.75) is 6.61 Å². The molecule has 0 spiro atoms. The first kappa shape index (κ1) is 19.8. The van der Waals surface area contributed by atoms with E-state index in [4.69, 9.17) is 28.6 Å². The molecular formula is C21H17ClN2O3S. The molecule has 0 bridgehead atoms. The van der Waals surface area contributed by atoms with E-state index in [-0.39, 0.29) is 17.2 Å². The molecule has 28 heavy (non-hydrogen) atoms. The van der Waals surface area contributed by atoms with Gasteiger partial charge in [0.25, 0.3) is 11.8 Å². The number of benzene rings is 2. The van der Waals surface area contributed by atoms with E-state index < -0.39 is 11.8 Å². The second kappa shape index (κ2) is 8.82. The van der Waals surface area contributed by atoms with E-state index in [0.717, 1.165) is 5.56 Å². The minimum absolute atomic E-state index is 0.0167. The first-order chi connectivity index (χ1) is 13.5. The van der Waals surface area contributed by atoms with Crippen LogP contribution in [0.15, 0.2) is 66.8 Å². The summed E-state index contributed by atoms with van der Waals surface area (Å²) in [6.45, 7) is 4.21. The normalized spacial score (nSPS) is 15.5. The summed E-state index contributed by atoms with van der Waals surface area (Å²) >= 11 is 11.0. The number of hydrogen-bond donors (Lipinski definition) is 1. The number of rotatable bonds is 6. The topological polar surface area (TPSA) is 58.6 Å². The third kappa shape index (κ3) is 4.65. The molecule has 0 saturated carbocycles. The highest BCUT2D eigenvalue weighted by Gasteiger charge is 2.32. The lowest BCUT2D eigenvalue weighted by Gasteiger charge is -2.27. The zero-order valence-electron chi connectivity index (χ0n) is 14.9. The number of hydrogen-bond acceptors (Lipinski definition) is 4. The molecule has 0 aromatic heterocycles. The molecule has 1 fully saturated rings. The van der Waals surface area contributed by atoms with Gasteiger partial charge in [-0.3, -0.25) is 19.8 Å². The van der Waals surface area contributed by atoms with E-state index in [1.165, 1.54) is 11.0 Å². The van der Waals surface area contributed by atoms with Crippen LogP contribution in [-0.4, -0.2) is 28.4 Å². The summed E-state index contributed by atoms with van der Waals surface area (Å²) in [5.41, 5.74) is 1.67. The number of thiocarbonyl (C=S) groups is 1. The molecule has 5 nitrogen and oxygen atoms in total. The lowest BCUT2D eigenvalue weighted by molar-refractivity contribution is -0.128. The van der Waals surface area contributed by atoms with Crippen LogP contribution in [0.4, 0.5) is 0 Å². The Bertz CT molecular complexity index is 970. The minimum Gasteiger partial charge on any atom is -0.489 e. The van der Waals surface area contributed by atoms with Gasteiger partial charge in [0.05, 0.1) is 0 Å². The van der Waals surface area contributed by atoms with Crippen LogP contribution in [0.2, 0.25) is 5.02 Å². The number of amides is 2. The highest BCUT2D eigenvalue weighted by molar-refractivity contribution is 7.80. The highest BCUT2D eigenvalue weighted by Crippen LogP contribution is 2.19. The number of nitrogens with one attached hydrogen (secondary N) is 1. The van der Waals surface area contributed by atoms with Gasteiger partial charge >= 0.3 is 0 Å². The van der Waals surface area contributed by atoms with E-state index >= 15 is 0 Å². The number of carbonyl (C=O) groups excluding carboxylic acids is 2. The number of nitrogens with zero attached hydrogens (tertiary/aromatic N) is 1. The van der Waals surface area contributed by atoms with Gasteiger partial charge in [-0.05, 0) is 53.7 Å². The molecule has 1 N–H and O–H groups in total. The van der Waals surface area contributed by atoms with Crippen LogP contribution in [0.5, 0.6) is 5.75 Å². The summed E-state index contributed by atoms with van der Waals surface area (Å²) in [5.74, 6) is -0.303. The van der Waals surface area contributed by atoms with Crippen molar-refractivity contribution in [1.82, 2.24) is 10.2 Å². The fraction of sp³-hybridized carbons (Fsp3) is 0.0952. The molecule has 2 aromatic rings. The van der Waals surface area contributed by atoms with Gasteiger partial charge in [-0.2, -0.15) is 0 Å². The fourth-order valence-electron chi connectivity index (χ4n) is 2.61. The molecule has 2 amide bonds. The molecular weight excluding hydrogens is 396 g/mol. The van der Waals surface area contributed by atoms with Gasteiger partial charge in [0.1, 0.15) is 17.9 Å². The molecule has 0 radical (unpaired) electrons. The Hall–Kier alpha value is -2.96. The molecule has 0 aliphatic carbocycles. The average Bonchev–Trinajstić information content (AvgIpc) is 2.68. The van der Waals surface area contributed by atoms with Crippen molar-refractivity contribution in [1.29, 1.82) is 0 Å². The fourth-order valence-corrected chi connectivity index (χ4v) is 3.07. The van der Waals surface area contributed by atoms with Crippen molar-refractivity contribution in [3.8, 4) is 5.75 Å². The molecule has 1 aliphatic rings. The summed E-state index contributed by atoms with van der Waals surface area (Å²) in [7, 11) is 0. The van der Waals surface area contributed by atoms with Crippen LogP contribution in [0.1, 0.15) is 11.1 Å². The molecule has 1 heterocycles. The molecule has 7 heteroatoms. The molecule has 3 rings (SSSR count). The summed E-state index contributed by atoms with van der Waals surface area (Å²) in [6.07, 6.45) is 3.07. The predicted molar refractivity (Wildman–Crippen MR) is 113 cm³/mol. The van der Waals surface area contributed by atoms with Gasteiger partial charge in [-0.25, -0.2) is 0 Å². The standard InChI is InChI=1S/C21H17ClN2O3S/c1-2-10-24-20(26)18(19(25)23-21(24)28)12-14-6-8-17(9-7-14)27-13-15-4-3-5-16(22)11-15/h2-9,11-12H,1,10,13H2,(H,23,25,28)/b18-12+. The maximum absolute atomic E-state index is 12.5. The summed E-state index contributed by atoms with van der Waals surface area (Å²) in [5, 5.41) is 3.25. The average molecular weight is 413 g/mol. The maximum Gasteiger partial charge on any atom is 0.265 e. The van der Waals surface area contributed by atoms with Crippen molar-refractivity contribution in [2.24, 2.45) is 0 Å². The molecule has 0 atom stereocenters. The van der Waals surface area contributed by atoms with E-state index in [0.29, 0.717) is 22.9 Å². The second-order valence-corrected chi connectivity index (χ2v) is 6.83. The third-order valence-corrected chi connectivity index (χ3v) is 4.54. The van der Waals surface area contributed by atoms with Crippen LogP contribution in [0, 0.1) is 0 Å². The third-order valence-electron chi connectivity index (χ3n) is 3.98. The van der Waals surface area contributed by atoms with Gasteiger partial charge in [0, 0.05) is 11.6 Å². The zero-order valence-corrected chi connectivity index (χ0v) is 16.4. The quantitative estimate of drug-likeness (QED) is 0.340. The first-order valence-corrected chi connectivity index (χ1v) is 9.23. The number of carbonyl (C=O) groups is 2. The van der Waals surface area contributed by atoms with Crippen LogP contribution >= 0.6 is 23.8 Å². The first-order valence-electron chi connectivity index (χ1n) is 8.45. The lowest BCUT2D eigenvalue weighted by Crippen LogP contribution is -2.53. The van der Waals surface area contributed by atoms with Gasteiger partial charge < -0.3 is 4.74 Å². The van der Waals surface area contributed by atoms with E-state index in [1.807, 2.05) is 18.2 Å². The molecule has 1 aliphatic heterocycles. The van der Waals surface area contributed by atoms with Gasteiger partial charge in [0.2, 0.25) is 0 Å². The van der Waals surface area contributed by atoms with Crippen molar-refractivity contribution >= 4 is 46.8 Å². The lowest BCUT2D eigenvalue weighted by atomic mass is 10.1. The minimum atomic E-state index is -0.517. The summed E-state index contributed by atoms with van der Waals surface area (Å²) < 4.78 is 5.74. The summed E-state index contributed by atoms with van der Waals surface area (Å²) in [6, 6.07) is 14.5. The van der Waals surface area contributed by atoms with Crippen LogP contribution < -0.4 is 10.1 Å². The van der Waals surface area contributed by atoms with Crippen LogP contribution in [-0.2, 0) is 16.2 Å². The Morgan fingerprint density at radius 3 is 2.61 bits per heavy atom. The smallest absolute Gasteiger partial charge is 0.265 e. The SMILES string of the molecule is C=CCN1C(=O)/C(=C/c2ccc(OCc3cccc(Cl)c3)cc2)C(=O)NC1=S. The van der Waals surface area contributed by atoms with E-state index in [9.17, 15) is 9.59 Å². The molecule has 2 aromatic carbocycles. The van der Waals surface area contributed by atoms with E-state index in [1.54, 1.807) is 36.4 Å². The van der Waals surface area contributed by atoms with Crippen molar-refractivity contribution < 1.29 is 14.3 Å². The van der Waals surface area contributed by atoms with Gasteiger partial charge in [-0.1, -0.05) is 41.9 Å². The van der Waals surface area contributed by atoms with Gasteiger partial charge in [-0.15, -0.1) is 6.58 Å².